The summed E-state index contributed by atoms with van der Waals surface area (Å²) in [6, 6.07) is 0. The monoisotopic (exact) mass is 157 g/mol. The molecule has 0 saturated heterocycles. The fraction of sp³-hybridized carbons (Fsp3) is 0. The van der Waals surface area contributed by atoms with E-state index < -0.39 is 12.2 Å². The molecule has 7 heteroatoms. The van der Waals surface area contributed by atoms with Crippen molar-refractivity contribution in [2.45, 2.75) is 0 Å². The van der Waals surface area contributed by atoms with Crippen molar-refractivity contribution in [3.05, 3.63) is 0 Å². The molecular weight excluding hydrogens is 155 g/mol. The second-order valence-corrected chi connectivity index (χ2v) is 0.765. The second kappa shape index (κ2) is 6.30. The van der Waals surface area contributed by atoms with Crippen LogP contribution in [-0.2, 0) is 0 Å². The number of rotatable bonds is 0. The second-order valence-electron chi connectivity index (χ2n) is 0.765. The van der Waals surface area contributed by atoms with Crippen LogP contribution < -0.4 is 51.4 Å². The van der Waals surface area contributed by atoms with Gasteiger partial charge in [-0.25, -0.2) is 9.59 Å². The molecule has 0 radical (unpaired) electrons. The van der Waals surface area contributed by atoms with Crippen LogP contribution in [0.5, 0.6) is 0 Å². The summed E-state index contributed by atoms with van der Waals surface area (Å²) in [5, 5.41) is 19.8. The number of carboxylic acid groups (broad SMARTS) is 2. The molecule has 2 amide bonds. The van der Waals surface area contributed by atoms with Crippen LogP contribution in [0.25, 0.3) is 0 Å². The van der Waals surface area contributed by atoms with Crippen LogP contribution in [0.1, 0.15) is 0 Å². The van der Waals surface area contributed by atoms with Crippen molar-refractivity contribution in [3.63, 3.8) is 0 Å². The maximum Gasteiger partial charge on any atom is 1.00 e. The van der Waals surface area contributed by atoms with Gasteiger partial charge < -0.3 is 10.2 Å². The Balaban J connectivity index is 0. The summed E-state index contributed by atoms with van der Waals surface area (Å²) in [5.74, 6) is 0. The van der Waals surface area contributed by atoms with E-state index in [1.54, 1.807) is 0 Å². The number of carbonyl (C=O) groups is 2. The summed E-state index contributed by atoms with van der Waals surface area (Å²) in [5.41, 5.74) is 0. The normalized spacial score (nSPS) is 8.44. The first kappa shape index (κ1) is 11.9. The predicted molar refractivity (Wildman–Crippen MR) is 20.9 cm³/mol. The molecule has 0 atom stereocenters. The Morgan fingerprint density at radius 1 is 1.00 bits per heavy atom. The summed E-state index contributed by atoms with van der Waals surface area (Å²) in [6.45, 7) is 0. The van der Waals surface area contributed by atoms with E-state index in [9.17, 15) is 9.59 Å². The molecule has 44 valence electrons. The standard InChI is InChI=1S/C2H2N2O4.K/c5-1(6)3-4-2(7)8;/h(H,5,6)(H,7,8);/q;+1/b4-3-;. The van der Waals surface area contributed by atoms with Crippen molar-refractivity contribution in [3.8, 4) is 0 Å². The van der Waals surface area contributed by atoms with Crippen LogP contribution in [0.2, 0.25) is 0 Å². The van der Waals surface area contributed by atoms with Crippen molar-refractivity contribution in [2.75, 3.05) is 0 Å². The van der Waals surface area contributed by atoms with Crippen molar-refractivity contribution < 1.29 is 71.2 Å². The van der Waals surface area contributed by atoms with Crippen molar-refractivity contribution >= 4 is 12.2 Å². The van der Waals surface area contributed by atoms with Crippen LogP contribution in [0.15, 0.2) is 10.2 Å². The summed E-state index contributed by atoms with van der Waals surface area (Å²) in [6.07, 6.45) is -3.24. The molecule has 0 bridgehead atoms. The van der Waals surface area contributed by atoms with E-state index in [1.807, 2.05) is 0 Å². The number of hydrogen-bond acceptors (Lipinski definition) is 2. The fourth-order valence-corrected chi connectivity index (χ4v) is 0.0855. The van der Waals surface area contributed by atoms with Crippen LogP contribution in [0.3, 0.4) is 0 Å². The smallest absolute Gasteiger partial charge is 0.462 e. The van der Waals surface area contributed by atoms with Gasteiger partial charge in [-0.05, 0) is 0 Å². The molecule has 0 aromatic rings. The van der Waals surface area contributed by atoms with Gasteiger partial charge in [0.05, 0.1) is 0 Å². The maximum absolute atomic E-state index is 9.38. The first-order valence-electron chi connectivity index (χ1n) is 1.50. The SMILES string of the molecule is O=C(O)/N=N\C(=O)O.[K+]. The number of nitrogens with zero attached hydrogens (tertiary/aromatic N) is 2. The first-order valence-corrected chi connectivity index (χ1v) is 1.50. The predicted octanol–water partition coefficient (Wildman–Crippen LogP) is -2.20. The molecule has 0 aliphatic rings. The molecule has 0 fully saturated rings. The molecule has 0 aliphatic heterocycles. The quantitative estimate of drug-likeness (QED) is 0.308. The summed E-state index contributed by atoms with van der Waals surface area (Å²) in [4.78, 5) is 18.8. The van der Waals surface area contributed by atoms with E-state index in [1.165, 1.54) is 0 Å². The molecule has 0 aromatic carbocycles. The minimum atomic E-state index is -1.62. The molecule has 2 N–H and O–H groups in total. The van der Waals surface area contributed by atoms with Gasteiger partial charge in [0.15, 0.2) is 0 Å². The van der Waals surface area contributed by atoms with Crippen LogP contribution in [0, 0.1) is 0 Å². The van der Waals surface area contributed by atoms with Gasteiger partial charge in [-0.3, -0.25) is 0 Å². The van der Waals surface area contributed by atoms with Gasteiger partial charge in [0.25, 0.3) is 0 Å². The van der Waals surface area contributed by atoms with Crippen molar-refractivity contribution in [1.29, 1.82) is 0 Å². The number of amides is 2. The average molecular weight is 157 g/mol. The molecule has 0 aliphatic carbocycles. The summed E-state index contributed by atoms with van der Waals surface area (Å²) >= 11 is 0. The van der Waals surface area contributed by atoms with Gasteiger partial charge in [-0.15, -0.1) is 0 Å². The van der Waals surface area contributed by atoms with Gasteiger partial charge in [0.2, 0.25) is 0 Å². The Bertz CT molecular complexity index is 128. The topological polar surface area (TPSA) is 99.3 Å². The largest absolute Gasteiger partial charge is 1.00 e. The van der Waals surface area contributed by atoms with Gasteiger partial charge in [0, 0.05) is 0 Å². The van der Waals surface area contributed by atoms with Crippen molar-refractivity contribution in [2.24, 2.45) is 10.2 Å². The Morgan fingerprint density at radius 2 is 1.22 bits per heavy atom. The van der Waals surface area contributed by atoms with E-state index in [0.717, 1.165) is 0 Å². The Kier molecular flexibility index (Phi) is 8.34. The summed E-state index contributed by atoms with van der Waals surface area (Å²) < 4.78 is 0. The van der Waals surface area contributed by atoms with E-state index >= 15 is 0 Å². The molecule has 9 heavy (non-hydrogen) atoms. The van der Waals surface area contributed by atoms with Gasteiger partial charge >= 0.3 is 63.6 Å². The molecule has 0 spiro atoms. The zero-order valence-corrected chi connectivity index (χ0v) is 7.73. The molecule has 0 unspecified atom stereocenters. The average Bonchev–Trinajstić information content (AvgIpc) is 1.61. The number of hydrogen-bond donors (Lipinski definition) is 2. The van der Waals surface area contributed by atoms with E-state index in [0.29, 0.717) is 0 Å². The van der Waals surface area contributed by atoms with Crippen LogP contribution >= 0.6 is 0 Å². The fourth-order valence-electron chi connectivity index (χ4n) is 0.0855. The Morgan fingerprint density at radius 3 is 1.33 bits per heavy atom. The number of azo groups is 1. The molecule has 6 nitrogen and oxygen atoms in total. The van der Waals surface area contributed by atoms with Gasteiger partial charge in [0.1, 0.15) is 0 Å². The molecule has 0 aromatic heterocycles. The third kappa shape index (κ3) is 11.6. The Hall–Kier alpha value is 0.176. The third-order valence-electron chi connectivity index (χ3n) is 0.221. The molecular formula is C2H2KN2O4+. The maximum atomic E-state index is 9.38. The zero-order chi connectivity index (χ0) is 6.57. The minimum absolute atomic E-state index is 0. The van der Waals surface area contributed by atoms with E-state index in [2.05, 4.69) is 10.2 Å². The molecule has 0 rings (SSSR count). The van der Waals surface area contributed by atoms with Crippen LogP contribution in [0.4, 0.5) is 9.59 Å². The van der Waals surface area contributed by atoms with Gasteiger partial charge in [-0.2, -0.15) is 0 Å². The third-order valence-corrected chi connectivity index (χ3v) is 0.221. The first-order chi connectivity index (χ1) is 3.63. The van der Waals surface area contributed by atoms with E-state index in [4.69, 9.17) is 10.2 Å². The van der Waals surface area contributed by atoms with Crippen molar-refractivity contribution in [1.82, 2.24) is 0 Å². The summed E-state index contributed by atoms with van der Waals surface area (Å²) in [7, 11) is 0. The van der Waals surface area contributed by atoms with Crippen LogP contribution in [-0.4, -0.2) is 22.4 Å². The van der Waals surface area contributed by atoms with Gasteiger partial charge in [-0.1, -0.05) is 10.2 Å². The molecule has 0 heterocycles. The zero-order valence-electron chi connectivity index (χ0n) is 4.61. The molecule has 0 saturated carbocycles. The minimum Gasteiger partial charge on any atom is -0.462 e. The Labute approximate surface area is 92.4 Å². The van der Waals surface area contributed by atoms with E-state index in [-0.39, 0.29) is 51.4 Å².